The maximum atomic E-state index is 12.0. The van der Waals surface area contributed by atoms with Crippen LogP contribution < -0.4 is 5.32 Å². The van der Waals surface area contributed by atoms with Crippen LogP contribution in [0.1, 0.15) is 31.9 Å². The number of carbonyl (C=O) groups excluding carboxylic acids is 1. The van der Waals surface area contributed by atoms with Crippen molar-refractivity contribution in [3.63, 3.8) is 0 Å². The number of alkyl carbamates (subject to hydrolysis) is 1. The predicted octanol–water partition coefficient (Wildman–Crippen LogP) is 4.06. The van der Waals surface area contributed by atoms with Gasteiger partial charge < -0.3 is 10.1 Å². The minimum atomic E-state index is -4.52. The van der Waals surface area contributed by atoms with Gasteiger partial charge in [0.2, 0.25) is 0 Å². The summed E-state index contributed by atoms with van der Waals surface area (Å²) in [4.78, 5) is 11.4. The summed E-state index contributed by atoms with van der Waals surface area (Å²) < 4.78 is 40.1. The number of hydrogen-bond donors (Lipinski definition) is 1. The van der Waals surface area contributed by atoms with Crippen LogP contribution in [0.5, 0.6) is 0 Å². The van der Waals surface area contributed by atoms with Gasteiger partial charge in [0.25, 0.3) is 0 Å². The van der Waals surface area contributed by atoms with E-state index in [-0.39, 0.29) is 12.0 Å². The fourth-order valence-corrected chi connectivity index (χ4v) is 1.77. The molecule has 0 spiro atoms. The Kier molecular flexibility index (Phi) is 5.85. The quantitative estimate of drug-likeness (QED) is 0.887. The number of hydrogen-bond acceptors (Lipinski definition) is 2. The van der Waals surface area contributed by atoms with Gasteiger partial charge in [-0.25, -0.2) is 4.79 Å². The molecule has 1 rings (SSSR count). The third kappa shape index (κ3) is 6.45. The van der Waals surface area contributed by atoms with Gasteiger partial charge in [-0.15, -0.1) is 0 Å². The van der Waals surface area contributed by atoms with Crippen molar-refractivity contribution < 1.29 is 22.7 Å². The summed E-state index contributed by atoms with van der Waals surface area (Å²) >= 11 is 0. The molecule has 0 saturated carbocycles. The molecule has 0 aromatic heterocycles. The number of carbonyl (C=O) groups is 1. The second kappa shape index (κ2) is 7.17. The first kappa shape index (κ1) is 16.3. The Morgan fingerprint density at radius 2 is 1.85 bits per heavy atom. The average Bonchev–Trinajstić information content (AvgIpc) is 2.35. The molecule has 1 atom stereocenters. The van der Waals surface area contributed by atoms with Crippen LogP contribution in [0, 0.1) is 5.92 Å². The lowest BCUT2D eigenvalue weighted by Crippen LogP contribution is -2.32. The van der Waals surface area contributed by atoms with Gasteiger partial charge in [-0.3, -0.25) is 0 Å². The average molecular weight is 289 g/mol. The van der Waals surface area contributed by atoms with Gasteiger partial charge in [0.15, 0.2) is 6.61 Å². The van der Waals surface area contributed by atoms with Crippen molar-refractivity contribution in [2.75, 3.05) is 6.61 Å². The molecule has 0 aliphatic rings. The predicted molar refractivity (Wildman–Crippen MR) is 69.2 cm³/mol. The Labute approximate surface area is 116 Å². The highest BCUT2D eigenvalue weighted by molar-refractivity contribution is 5.67. The molecule has 0 saturated heterocycles. The monoisotopic (exact) mass is 289 g/mol. The molecule has 1 unspecified atom stereocenters. The lowest BCUT2D eigenvalue weighted by Gasteiger charge is -2.21. The van der Waals surface area contributed by atoms with E-state index in [1.807, 2.05) is 44.2 Å². The van der Waals surface area contributed by atoms with Crippen molar-refractivity contribution in [2.24, 2.45) is 5.92 Å². The number of rotatable bonds is 5. The molecule has 0 radical (unpaired) electrons. The normalized spacial score (nSPS) is 13.1. The molecule has 3 nitrogen and oxygen atoms in total. The third-order valence-corrected chi connectivity index (χ3v) is 2.57. The maximum absolute atomic E-state index is 12.0. The largest absolute Gasteiger partial charge is 0.440 e. The Morgan fingerprint density at radius 1 is 1.25 bits per heavy atom. The van der Waals surface area contributed by atoms with E-state index in [9.17, 15) is 18.0 Å². The van der Waals surface area contributed by atoms with Gasteiger partial charge in [0.1, 0.15) is 0 Å². The van der Waals surface area contributed by atoms with Crippen molar-refractivity contribution in [1.82, 2.24) is 5.32 Å². The first-order valence-corrected chi connectivity index (χ1v) is 6.33. The van der Waals surface area contributed by atoms with Crippen LogP contribution in [0.25, 0.3) is 0 Å². The van der Waals surface area contributed by atoms with Crippen LogP contribution in [-0.4, -0.2) is 18.9 Å². The summed E-state index contributed by atoms with van der Waals surface area (Å²) in [6.45, 7) is 2.36. The summed E-state index contributed by atoms with van der Waals surface area (Å²) in [6, 6.07) is 8.72. The second-order valence-electron chi connectivity index (χ2n) is 4.93. The van der Waals surface area contributed by atoms with Gasteiger partial charge >= 0.3 is 12.3 Å². The van der Waals surface area contributed by atoms with E-state index in [0.717, 1.165) is 5.56 Å². The third-order valence-electron chi connectivity index (χ3n) is 2.57. The van der Waals surface area contributed by atoms with Crippen LogP contribution in [-0.2, 0) is 4.74 Å². The first-order valence-electron chi connectivity index (χ1n) is 6.33. The Hall–Kier alpha value is -1.72. The number of ether oxygens (including phenoxy) is 1. The fraction of sp³-hybridized carbons (Fsp3) is 0.500. The Morgan fingerprint density at radius 3 is 2.35 bits per heavy atom. The van der Waals surface area contributed by atoms with E-state index in [1.165, 1.54) is 0 Å². The van der Waals surface area contributed by atoms with Gasteiger partial charge in [0.05, 0.1) is 6.04 Å². The molecule has 0 bridgehead atoms. The van der Waals surface area contributed by atoms with Crippen molar-refractivity contribution in [3.05, 3.63) is 35.9 Å². The van der Waals surface area contributed by atoms with Crippen LogP contribution >= 0.6 is 0 Å². The second-order valence-corrected chi connectivity index (χ2v) is 4.93. The molecule has 1 N–H and O–H groups in total. The molecule has 6 heteroatoms. The lowest BCUT2D eigenvalue weighted by molar-refractivity contribution is -0.160. The van der Waals surface area contributed by atoms with Gasteiger partial charge in [0, 0.05) is 0 Å². The van der Waals surface area contributed by atoms with Gasteiger partial charge in [-0.2, -0.15) is 13.2 Å². The maximum Gasteiger partial charge on any atom is 0.422 e. The van der Waals surface area contributed by atoms with Crippen molar-refractivity contribution in [3.8, 4) is 0 Å². The first-order chi connectivity index (χ1) is 9.28. The standard InChI is InChI=1S/C14H18F3NO2/c1-10(2)8-12(11-6-4-3-5-7-11)18-13(19)20-9-14(15,16)17/h3-7,10,12H,8-9H2,1-2H3,(H,18,19). The minimum absolute atomic E-state index is 0.281. The molecule has 0 aliphatic carbocycles. The van der Waals surface area contributed by atoms with Crippen molar-refractivity contribution >= 4 is 6.09 Å². The summed E-state index contributed by atoms with van der Waals surface area (Å²) in [5.74, 6) is 0.281. The van der Waals surface area contributed by atoms with E-state index < -0.39 is 18.9 Å². The lowest BCUT2D eigenvalue weighted by atomic mass is 9.97. The summed E-state index contributed by atoms with van der Waals surface area (Å²) in [5, 5.41) is 2.48. The van der Waals surface area contributed by atoms with E-state index in [0.29, 0.717) is 6.42 Å². The molecule has 0 fully saturated rings. The number of benzene rings is 1. The van der Waals surface area contributed by atoms with Crippen molar-refractivity contribution in [1.29, 1.82) is 0 Å². The van der Waals surface area contributed by atoms with E-state index >= 15 is 0 Å². The summed E-state index contributed by atoms with van der Waals surface area (Å²) in [6.07, 6.45) is -4.96. The SMILES string of the molecule is CC(C)CC(NC(=O)OCC(F)(F)F)c1ccccc1. The van der Waals surface area contributed by atoms with Gasteiger partial charge in [-0.1, -0.05) is 44.2 Å². The van der Waals surface area contributed by atoms with Crippen molar-refractivity contribution in [2.45, 2.75) is 32.5 Å². The molecule has 1 aromatic carbocycles. The molecule has 0 aliphatic heterocycles. The van der Waals surface area contributed by atoms with Gasteiger partial charge in [-0.05, 0) is 17.9 Å². The van der Waals surface area contributed by atoms with Crippen LogP contribution in [0.2, 0.25) is 0 Å². The number of nitrogens with one attached hydrogen (secondary N) is 1. The highest BCUT2D eigenvalue weighted by Gasteiger charge is 2.30. The zero-order chi connectivity index (χ0) is 15.2. The van der Waals surface area contributed by atoms with E-state index in [1.54, 1.807) is 0 Å². The molecular formula is C14H18F3NO2. The molecule has 1 amide bonds. The molecule has 20 heavy (non-hydrogen) atoms. The van der Waals surface area contributed by atoms with E-state index in [2.05, 4.69) is 10.1 Å². The smallest absolute Gasteiger partial charge is 0.422 e. The highest BCUT2D eigenvalue weighted by Crippen LogP contribution is 2.21. The molecule has 0 heterocycles. The molecular weight excluding hydrogens is 271 g/mol. The Balaban J connectivity index is 2.64. The Bertz CT molecular complexity index is 418. The molecule has 1 aromatic rings. The summed E-state index contributed by atoms with van der Waals surface area (Å²) in [5.41, 5.74) is 0.838. The highest BCUT2D eigenvalue weighted by atomic mass is 19.4. The number of amides is 1. The minimum Gasteiger partial charge on any atom is -0.440 e. The van der Waals surface area contributed by atoms with Crippen LogP contribution in [0.15, 0.2) is 30.3 Å². The number of alkyl halides is 3. The fourth-order valence-electron chi connectivity index (χ4n) is 1.77. The number of halogens is 3. The zero-order valence-electron chi connectivity index (χ0n) is 11.4. The van der Waals surface area contributed by atoms with Crippen LogP contribution in [0.4, 0.5) is 18.0 Å². The zero-order valence-corrected chi connectivity index (χ0v) is 11.4. The van der Waals surface area contributed by atoms with Crippen LogP contribution in [0.3, 0.4) is 0 Å². The topological polar surface area (TPSA) is 38.3 Å². The molecule has 112 valence electrons. The van der Waals surface area contributed by atoms with E-state index in [4.69, 9.17) is 0 Å². The summed E-state index contributed by atoms with van der Waals surface area (Å²) in [7, 11) is 0.